The van der Waals surface area contributed by atoms with Gasteiger partial charge in [0.2, 0.25) is 15.9 Å². The first kappa shape index (κ1) is 18.0. The van der Waals surface area contributed by atoms with Gasteiger partial charge in [0, 0.05) is 44.0 Å². The third-order valence-corrected chi connectivity index (χ3v) is 7.18. The molecule has 1 amide bonds. The van der Waals surface area contributed by atoms with Gasteiger partial charge in [-0.25, -0.2) is 8.42 Å². The van der Waals surface area contributed by atoms with Crippen LogP contribution in [0.4, 0.5) is 11.4 Å². The van der Waals surface area contributed by atoms with Gasteiger partial charge in [-0.1, -0.05) is 23.8 Å². The Morgan fingerprint density at radius 3 is 2.33 bits per heavy atom. The Morgan fingerprint density at radius 2 is 1.63 bits per heavy atom. The molecule has 0 aliphatic carbocycles. The van der Waals surface area contributed by atoms with E-state index >= 15 is 0 Å². The highest BCUT2D eigenvalue weighted by Gasteiger charge is 2.30. The summed E-state index contributed by atoms with van der Waals surface area (Å²) in [5.41, 5.74) is 4.16. The third kappa shape index (κ3) is 3.44. The van der Waals surface area contributed by atoms with E-state index in [1.807, 2.05) is 31.2 Å². The first-order valence-corrected chi connectivity index (χ1v) is 10.6. The summed E-state index contributed by atoms with van der Waals surface area (Å²) in [5.74, 6) is 0.0497. The lowest BCUT2D eigenvalue weighted by molar-refractivity contribution is -0.116. The van der Waals surface area contributed by atoms with Crippen molar-refractivity contribution < 1.29 is 13.2 Å². The molecule has 1 saturated heterocycles. The minimum atomic E-state index is -3.46. The normalized spacial score (nSPS) is 18.1. The number of carbonyl (C=O) groups is 1. The van der Waals surface area contributed by atoms with Gasteiger partial charge >= 0.3 is 0 Å². The molecule has 1 fully saturated rings. The Morgan fingerprint density at radius 1 is 0.926 bits per heavy atom. The number of nitrogens with zero attached hydrogens (tertiary/aromatic N) is 2. The fraction of sp³-hybridized carbons (Fsp3) is 0.350. The Kier molecular flexibility index (Phi) is 4.65. The zero-order chi connectivity index (χ0) is 19.0. The second kappa shape index (κ2) is 6.98. The van der Waals surface area contributed by atoms with Crippen molar-refractivity contribution >= 4 is 27.3 Å². The van der Waals surface area contributed by atoms with E-state index in [4.69, 9.17) is 0 Å². The van der Waals surface area contributed by atoms with Crippen LogP contribution in [0, 0.1) is 6.92 Å². The smallest absolute Gasteiger partial charge is 0.243 e. The average Bonchev–Trinajstić information content (AvgIpc) is 2.68. The molecule has 7 heteroatoms. The Hall–Kier alpha value is -2.38. The maximum Gasteiger partial charge on any atom is 0.243 e. The summed E-state index contributed by atoms with van der Waals surface area (Å²) in [4.78, 5) is 14.2. The molecule has 6 nitrogen and oxygen atoms in total. The summed E-state index contributed by atoms with van der Waals surface area (Å²) >= 11 is 0. The van der Waals surface area contributed by atoms with Crippen LogP contribution in [-0.2, 0) is 21.2 Å². The third-order valence-electron chi connectivity index (χ3n) is 5.27. The molecule has 0 atom stereocenters. The van der Waals surface area contributed by atoms with E-state index in [1.165, 1.54) is 0 Å². The number of aryl methyl sites for hydroxylation is 1. The number of fused-ring (bicyclic) bond motifs is 1. The highest BCUT2D eigenvalue weighted by molar-refractivity contribution is 7.89. The number of anilines is 2. The predicted octanol–water partition coefficient (Wildman–Crippen LogP) is 2.39. The molecule has 0 radical (unpaired) electrons. The summed E-state index contributed by atoms with van der Waals surface area (Å²) in [6.45, 7) is 4.11. The molecule has 0 unspecified atom stereocenters. The molecule has 2 aliphatic heterocycles. The van der Waals surface area contributed by atoms with E-state index in [-0.39, 0.29) is 5.91 Å². The molecular formula is C20H23N3O3S. The van der Waals surface area contributed by atoms with Crippen molar-refractivity contribution in [3.63, 3.8) is 0 Å². The molecular weight excluding hydrogens is 362 g/mol. The summed E-state index contributed by atoms with van der Waals surface area (Å²) in [5, 5.41) is 2.93. The van der Waals surface area contributed by atoms with Crippen molar-refractivity contribution in [2.24, 2.45) is 0 Å². The van der Waals surface area contributed by atoms with Crippen molar-refractivity contribution in [1.82, 2.24) is 4.31 Å². The molecule has 0 spiro atoms. The zero-order valence-corrected chi connectivity index (χ0v) is 16.1. The standard InChI is InChI=1S/C20H23N3O3S/c1-15-5-7-16(8-6-15)27(25,26)23-13-11-22(12-14-23)19-4-2-3-18-17(19)9-10-20(24)21-18/h2-8H,9-14H2,1H3,(H,21,24). The average molecular weight is 385 g/mol. The molecule has 2 heterocycles. The van der Waals surface area contributed by atoms with Gasteiger partial charge in [-0.3, -0.25) is 4.79 Å². The molecule has 2 aliphatic rings. The maximum absolute atomic E-state index is 12.9. The van der Waals surface area contributed by atoms with Gasteiger partial charge < -0.3 is 10.2 Å². The minimum Gasteiger partial charge on any atom is -0.369 e. The lowest BCUT2D eigenvalue weighted by Gasteiger charge is -2.37. The molecule has 142 valence electrons. The number of sulfonamides is 1. The summed E-state index contributed by atoms with van der Waals surface area (Å²) in [6.07, 6.45) is 1.21. The first-order valence-electron chi connectivity index (χ1n) is 9.19. The Balaban J connectivity index is 1.51. The molecule has 0 saturated carbocycles. The Labute approximate surface area is 159 Å². The van der Waals surface area contributed by atoms with Gasteiger partial charge in [-0.15, -0.1) is 0 Å². The van der Waals surface area contributed by atoms with Crippen molar-refractivity contribution in [3.8, 4) is 0 Å². The van der Waals surface area contributed by atoms with Crippen molar-refractivity contribution in [2.75, 3.05) is 36.4 Å². The van der Waals surface area contributed by atoms with E-state index in [1.54, 1.807) is 16.4 Å². The predicted molar refractivity (Wildman–Crippen MR) is 106 cm³/mol. The van der Waals surface area contributed by atoms with Crippen LogP contribution in [0.25, 0.3) is 0 Å². The Bertz CT molecular complexity index is 962. The number of benzene rings is 2. The maximum atomic E-state index is 12.9. The van der Waals surface area contributed by atoms with Crippen LogP contribution in [-0.4, -0.2) is 44.8 Å². The van der Waals surface area contributed by atoms with Crippen LogP contribution in [0.2, 0.25) is 0 Å². The van der Waals surface area contributed by atoms with Gasteiger partial charge in [0.25, 0.3) is 0 Å². The molecule has 27 heavy (non-hydrogen) atoms. The number of carbonyl (C=O) groups excluding carboxylic acids is 1. The van der Waals surface area contributed by atoms with E-state index < -0.39 is 10.0 Å². The van der Waals surface area contributed by atoms with E-state index in [9.17, 15) is 13.2 Å². The topological polar surface area (TPSA) is 69.7 Å². The molecule has 4 rings (SSSR count). The molecule has 2 aromatic carbocycles. The number of nitrogens with one attached hydrogen (secondary N) is 1. The summed E-state index contributed by atoms with van der Waals surface area (Å²) in [7, 11) is -3.46. The minimum absolute atomic E-state index is 0.0497. The van der Waals surface area contributed by atoms with E-state index in [0.717, 1.165) is 28.9 Å². The van der Waals surface area contributed by atoms with Crippen LogP contribution >= 0.6 is 0 Å². The van der Waals surface area contributed by atoms with Gasteiger partial charge in [0.15, 0.2) is 0 Å². The van der Waals surface area contributed by atoms with E-state index in [2.05, 4.69) is 16.3 Å². The number of hydrogen-bond acceptors (Lipinski definition) is 4. The van der Waals surface area contributed by atoms with Crippen molar-refractivity contribution in [3.05, 3.63) is 53.6 Å². The quantitative estimate of drug-likeness (QED) is 0.881. The number of piperazine rings is 1. The largest absolute Gasteiger partial charge is 0.369 e. The lowest BCUT2D eigenvalue weighted by atomic mass is 10.00. The second-order valence-corrected chi connectivity index (χ2v) is 8.99. The van der Waals surface area contributed by atoms with Crippen LogP contribution in [0.3, 0.4) is 0 Å². The van der Waals surface area contributed by atoms with Crippen LogP contribution in [0.5, 0.6) is 0 Å². The molecule has 1 N–H and O–H groups in total. The van der Waals surface area contributed by atoms with Crippen LogP contribution < -0.4 is 10.2 Å². The van der Waals surface area contributed by atoms with Gasteiger partial charge in [-0.2, -0.15) is 4.31 Å². The molecule has 0 bridgehead atoms. The SMILES string of the molecule is Cc1ccc(S(=O)(=O)N2CCN(c3cccc4c3CCC(=O)N4)CC2)cc1. The lowest BCUT2D eigenvalue weighted by Crippen LogP contribution is -2.49. The highest BCUT2D eigenvalue weighted by Crippen LogP contribution is 2.32. The van der Waals surface area contributed by atoms with Crippen molar-refractivity contribution in [1.29, 1.82) is 0 Å². The first-order chi connectivity index (χ1) is 12.9. The van der Waals surface area contributed by atoms with Gasteiger partial charge in [-0.05, 0) is 43.2 Å². The molecule has 2 aromatic rings. The number of hydrogen-bond donors (Lipinski definition) is 1. The van der Waals surface area contributed by atoms with Crippen molar-refractivity contribution in [2.45, 2.75) is 24.7 Å². The van der Waals surface area contributed by atoms with Crippen LogP contribution in [0.15, 0.2) is 47.4 Å². The second-order valence-electron chi connectivity index (χ2n) is 7.06. The fourth-order valence-corrected chi connectivity index (χ4v) is 5.15. The molecule has 0 aromatic heterocycles. The zero-order valence-electron chi connectivity index (χ0n) is 15.3. The van der Waals surface area contributed by atoms with Crippen LogP contribution in [0.1, 0.15) is 17.5 Å². The highest BCUT2D eigenvalue weighted by atomic mass is 32.2. The van der Waals surface area contributed by atoms with Gasteiger partial charge in [0.1, 0.15) is 0 Å². The number of amides is 1. The van der Waals surface area contributed by atoms with Gasteiger partial charge in [0.05, 0.1) is 4.90 Å². The fourth-order valence-electron chi connectivity index (χ4n) is 3.73. The monoisotopic (exact) mass is 385 g/mol. The van der Waals surface area contributed by atoms with E-state index in [0.29, 0.717) is 37.5 Å². The summed E-state index contributed by atoms with van der Waals surface area (Å²) in [6, 6.07) is 12.9. The number of rotatable bonds is 3. The summed E-state index contributed by atoms with van der Waals surface area (Å²) < 4.78 is 27.3.